The van der Waals surface area contributed by atoms with Gasteiger partial charge in [0.15, 0.2) is 0 Å². The zero-order valence-corrected chi connectivity index (χ0v) is 13.4. The van der Waals surface area contributed by atoms with Crippen molar-refractivity contribution in [2.75, 3.05) is 6.61 Å². The molecule has 1 nitrogen and oxygen atoms in total. The zero-order valence-electron chi connectivity index (χ0n) is 10.3. The number of ether oxygens (including phenoxy) is 1. The molecule has 1 aromatic carbocycles. The fraction of sp³-hybridized carbons (Fsp3) is 0.286. The molecule has 19 heavy (non-hydrogen) atoms. The Kier molecular flexibility index (Phi) is 5.40. The molecule has 0 aliphatic carbocycles. The van der Waals surface area contributed by atoms with E-state index in [0.29, 0.717) is 15.3 Å². The predicted molar refractivity (Wildman–Crippen MR) is 84.3 cm³/mol. The van der Waals surface area contributed by atoms with Crippen molar-refractivity contribution in [2.24, 2.45) is 0 Å². The first-order chi connectivity index (χ1) is 9.11. The van der Waals surface area contributed by atoms with Crippen molar-refractivity contribution < 1.29 is 4.74 Å². The highest BCUT2D eigenvalue weighted by atomic mass is 35.5. The van der Waals surface area contributed by atoms with E-state index in [4.69, 9.17) is 39.5 Å². The summed E-state index contributed by atoms with van der Waals surface area (Å²) in [6, 6.07) is 9.56. The molecular weight excluding hydrogens is 323 g/mol. The fourth-order valence-electron chi connectivity index (χ4n) is 1.69. The number of benzene rings is 1. The van der Waals surface area contributed by atoms with Gasteiger partial charge in [-0.05, 0) is 30.2 Å². The third-order valence-electron chi connectivity index (χ3n) is 2.58. The van der Waals surface area contributed by atoms with Gasteiger partial charge in [-0.15, -0.1) is 22.9 Å². The number of rotatable bonds is 5. The van der Waals surface area contributed by atoms with Crippen LogP contribution >= 0.6 is 46.1 Å². The summed E-state index contributed by atoms with van der Waals surface area (Å²) in [5, 5.41) is -0.318. The van der Waals surface area contributed by atoms with Crippen molar-refractivity contribution >= 4 is 46.1 Å². The minimum atomic E-state index is -0.318. The Labute approximate surface area is 132 Å². The van der Waals surface area contributed by atoms with Gasteiger partial charge in [0, 0.05) is 5.56 Å². The maximum Gasteiger partial charge on any atom is 0.119 e. The molecule has 0 radical (unpaired) electrons. The Morgan fingerprint density at radius 2 is 2.05 bits per heavy atom. The highest BCUT2D eigenvalue weighted by molar-refractivity contribution is 7.20. The van der Waals surface area contributed by atoms with Gasteiger partial charge in [-0.2, -0.15) is 0 Å². The molecule has 0 bridgehead atoms. The van der Waals surface area contributed by atoms with Crippen molar-refractivity contribution in [3.05, 3.63) is 50.1 Å². The maximum atomic E-state index is 6.46. The van der Waals surface area contributed by atoms with Crippen molar-refractivity contribution in [3.8, 4) is 5.75 Å². The molecule has 1 heterocycles. The SMILES string of the molecule is CCCOc1cccc(C(Cl)c2cc(Cl)sc2Cl)c1. The van der Waals surface area contributed by atoms with Crippen LogP contribution in [0.5, 0.6) is 5.75 Å². The van der Waals surface area contributed by atoms with Gasteiger partial charge in [-0.25, -0.2) is 0 Å². The summed E-state index contributed by atoms with van der Waals surface area (Å²) in [6.45, 7) is 2.77. The van der Waals surface area contributed by atoms with Crippen LogP contribution in [0.15, 0.2) is 30.3 Å². The van der Waals surface area contributed by atoms with Gasteiger partial charge in [0.05, 0.1) is 20.7 Å². The second-order valence-corrected chi connectivity index (χ2v) is 6.79. The molecule has 1 atom stereocenters. The van der Waals surface area contributed by atoms with Crippen molar-refractivity contribution in [2.45, 2.75) is 18.7 Å². The van der Waals surface area contributed by atoms with E-state index in [-0.39, 0.29) is 5.38 Å². The normalized spacial score (nSPS) is 12.4. The average Bonchev–Trinajstić information content (AvgIpc) is 2.75. The number of hydrogen-bond donors (Lipinski definition) is 0. The third kappa shape index (κ3) is 3.79. The largest absolute Gasteiger partial charge is 0.494 e. The van der Waals surface area contributed by atoms with Crippen LogP contribution in [-0.4, -0.2) is 6.61 Å². The van der Waals surface area contributed by atoms with E-state index in [1.807, 2.05) is 30.3 Å². The Hall–Kier alpha value is -0.410. The molecule has 0 fully saturated rings. The van der Waals surface area contributed by atoms with Gasteiger partial charge in [0.1, 0.15) is 5.75 Å². The second kappa shape index (κ2) is 6.85. The lowest BCUT2D eigenvalue weighted by molar-refractivity contribution is 0.317. The van der Waals surface area contributed by atoms with Crippen molar-refractivity contribution in [1.29, 1.82) is 0 Å². The lowest BCUT2D eigenvalue weighted by Gasteiger charge is -2.11. The van der Waals surface area contributed by atoms with Gasteiger partial charge in [0.2, 0.25) is 0 Å². The summed E-state index contributed by atoms with van der Waals surface area (Å²) in [5.74, 6) is 0.822. The van der Waals surface area contributed by atoms with Crippen LogP contribution in [0.25, 0.3) is 0 Å². The molecule has 0 aliphatic rings. The van der Waals surface area contributed by atoms with E-state index in [2.05, 4.69) is 6.92 Å². The Morgan fingerprint density at radius 1 is 1.26 bits per heavy atom. The van der Waals surface area contributed by atoms with Gasteiger partial charge >= 0.3 is 0 Å². The molecule has 2 aromatic rings. The Bertz CT molecular complexity index is 553. The fourth-order valence-corrected chi connectivity index (χ4v) is 3.65. The minimum Gasteiger partial charge on any atom is -0.494 e. The number of hydrogen-bond acceptors (Lipinski definition) is 2. The second-order valence-electron chi connectivity index (χ2n) is 4.06. The van der Waals surface area contributed by atoms with Crippen molar-refractivity contribution in [3.63, 3.8) is 0 Å². The van der Waals surface area contributed by atoms with Crippen molar-refractivity contribution in [1.82, 2.24) is 0 Å². The van der Waals surface area contributed by atoms with E-state index >= 15 is 0 Å². The molecule has 2 rings (SSSR count). The monoisotopic (exact) mass is 334 g/mol. The van der Waals surface area contributed by atoms with E-state index in [0.717, 1.165) is 23.3 Å². The van der Waals surface area contributed by atoms with Crippen LogP contribution in [0, 0.1) is 0 Å². The molecule has 5 heteroatoms. The van der Waals surface area contributed by atoms with Gasteiger partial charge < -0.3 is 4.74 Å². The zero-order chi connectivity index (χ0) is 13.8. The molecule has 0 saturated carbocycles. The molecule has 0 N–H and O–H groups in total. The van der Waals surface area contributed by atoms with Crippen LogP contribution in [0.1, 0.15) is 29.8 Å². The van der Waals surface area contributed by atoms with E-state index in [9.17, 15) is 0 Å². The van der Waals surface area contributed by atoms with Gasteiger partial charge in [0.25, 0.3) is 0 Å². The quantitative estimate of drug-likeness (QED) is 0.593. The van der Waals surface area contributed by atoms with Crippen LogP contribution in [0.4, 0.5) is 0 Å². The highest BCUT2D eigenvalue weighted by Crippen LogP contribution is 2.41. The van der Waals surface area contributed by atoms with E-state index in [1.165, 1.54) is 11.3 Å². The molecule has 0 aliphatic heterocycles. The summed E-state index contributed by atoms with van der Waals surface area (Å²) >= 11 is 19.9. The van der Waals surface area contributed by atoms with Crippen LogP contribution in [0.3, 0.4) is 0 Å². The first-order valence-corrected chi connectivity index (χ1v) is 7.94. The van der Waals surface area contributed by atoms with Crippen LogP contribution in [-0.2, 0) is 0 Å². The summed E-state index contributed by atoms with van der Waals surface area (Å²) in [4.78, 5) is 0. The molecule has 1 unspecified atom stereocenters. The lowest BCUT2D eigenvalue weighted by atomic mass is 10.1. The smallest absolute Gasteiger partial charge is 0.119 e. The third-order valence-corrected chi connectivity index (χ3v) is 4.58. The molecule has 0 spiro atoms. The summed E-state index contributed by atoms with van der Waals surface area (Å²) in [5.41, 5.74) is 1.79. The minimum absolute atomic E-state index is 0.318. The topological polar surface area (TPSA) is 9.23 Å². The maximum absolute atomic E-state index is 6.46. The van der Waals surface area contributed by atoms with E-state index in [1.54, 1.807) is 0 Å². The van der Waals surface area contributed by atoms with E-state index < -0.39 is 0 Å². The van der Waals surface area contributed by atoms with Gasteiger partial charge in [-0.3, -0.25) is 0 Å². The van der Waals surface area contributed by atoms with Gasteiger partial charge in [-0.1, -0.05) is 42.3 Å². The molecule has 0 amide bonds. The Morgan fingerprint density at radius 3 is 2.68 bits per heavy atom. The first kappa shape index (κ1) is 15.0. The van der Waals surface area contributed by atoms with Crippen LogP contribution in [0.2, 0.25) is 8.67 Å². The Balaban J connectivity index is 2.23. The molecule has 1 aromatic heterocycles. The summed E-state index contributed by atoms with van der Waals surface area (Å²) in [7, 11) is 0. The predicted octanol–water partition coefficient (Wildman–Crippen LogP) is 6.17. The number of alkyl halides is 1. The first-order valence-electron chi connectivity index (χ1n) is 5.93. The molecule has 0 saturated heterocycles. The summed E-state index contributed by atoms with van der Waals surface area (Å²) < 4.78 is 6.87. The van der Waals surface area contributed by atoms with Crippen LogP contribution < -0.4 is 4.74 Å². The average molecular weight is 336 g/mol. The summed E-state index contributed by atoms with van der Waals surface area (Å²) in [6.07, 6.45) is 0.973. The lowest BCUT2D eigenvalue weighted by Crippen LogP contribution is -1.97. The molecular formula is C14H13Cl3OS. The highest BCUT2D eigenvalue weighted by Gasteiger charge is 2.17. The number of halogens is 3. The molecule has 102 valence electrons. The standard InChI is InChI=1S/C14H13Cl3OS/c1-2-6-18-10-5-3-4-9(7-10)13(16)11-8-12(15)19-14(11)17/h3-5,7-8,13H,2,6H2,1H3. The number of thiophene rings is 1.